The molecule has 0 saturated carbocycles. The van der Waals surface area contributed by atoms with Crippen LogP contribution in [0.3, 0.4) is 0 Å². The van der Waals surface area contributed by atoms with E-state index >= 15 is 0 Å². The Kier molecular flexibility index (Phi) is 2.81. The molecule has 0 amide bonds. The van der Waals surface area contributed by atoms with Gasteiger partial charge < -0.3 is 14.8 Å². The minimum absolute atomic E-state index is 0.216. The normalized spacial score (nSPS) is 21.5. The topological polar surface area (TPSA) is 30.5 Å². The first kappa shape index (κ1) is 11.1. The van der Waals surface area contributed by atoms with E-state index in [1.54, 1.807) is 0 Å². The maximum absolute atomic E-state index is 5.87. The van der Waals surface area contributed by atoms with Gasteiger partial charge in [0.2, 0.25) is 0 Å². The highest BCUT2D eigenvalue weighted by Gasteiger charge is 2.34. The van der Waals surface area contributed by atoms with Gasteiger partial charge in [-0.2, -0.15) is 0 Å². The molecule has 1 saturated heterocycles. The second-order valence-electron chi connectivity index (χ2n) is 5.45. The maximum Gasteiger partial charge on any atom is 0.119 e. The third-order valence-corrected chi connectivity index (χ3v) is 3.55. The van der Waals surface area contributed by atoms with Crippen molar-refractivity contribution in [2.45, 2.75) is 19.9 Å². The largest absolute Gasteiger partial charge is 0.493 e. The monoisotopic (exact) mass is 233 g/mol. The molecule has 2 heterocycles. The molecule has 1 fully saturated rings. The van der Waals surface area contributed by atoms with Gasteiger partial charge >= 0.3 is 0 Å². The van der Waals surface area contributed by atoms with Crippen molar-refractivity contribution in [3.63, 3.8) is 0 Å². The lowest BCUT2D eigenvalue weighted by molar-refractivity contribution is -0.120. The van der Waals surface area contributed by atoms with Crippen molar-refractivity contribution in [1.82, 2.24) is 5.32 Å². The Bertz CT molecular complexity index is 413. The molecule has 0 bridgehead atoms. The fraction of sp³-hybridized carbons (Fsp3) is 0.571. The van der Waals surface area contributed by atoms with Crippen LogP contribution in [0.4, 0.5) is 0 Å². The highest BCUT2D eigenvalue weighted by Crippen LogP contribution is 2.28. The zero-order valence-corrected chi connectivity index (χ0v) is 10.3. The van der Waals surface area contributed by atoms with E-state index < -0.39 is 0 Å². The number of ether oxygens (including phenoxy) is 2. The van der Waals surface area contributed by atoms with Crippen molar-refractivity contribution in [2.24, 2.45) is 5.41 Å². The summed E-state index contributed by atoms with van der Waals surface area (Å²) < 4.78 is 11.1. The molecule has 92 valence electrons. The highest BCUT2D eigenvalue weighted by atomic mass is 16.5. The summed E-state index contributed by atoms with van der Waals surface area (Å²) in [7, 11) is 0. The molecule has 1 aromatic rings. The Hall–Kier alpha value is -1.06. The molecule has 0 aromatic heterocycles. The van der Waals surface area contributed by atoms with Crippen LogP contribution >= 0.6 is 0 Å². The quantitative estimate of drug-likeness (QED) is 0.862. The first-order valence-electron chi connectivity index (χ1n) is 6.28. The van der Waals surface area contributed by atoms with Gasteiger partial charge in [-0.25, -0.2) is 0 Å². The highest BCUT2D eigenvalue weighted by molar-refractivity contribution is 5.37. The standard InChI is InChI=1S/C14H19NO2/c1-14(8-16-9-14)10-17-13-3-2-11-4-5-15-7-12(11)6-13/h2-3,6,15H,4-5,7-10H2,1H3. The first-order chi connectivity index (χ1) is 8.25. The van der Waals surface area contributed by atoms with E-state index in [0.717, 1.165) is 45.1 Å². The molecular formula is C14H19NO2. The van der Waals surface area contributed by atoms with Gasteiger partial charge in [0.1, 0.15) is 5.75 Å². The Morgan fingerprint density at radius 3 is 3.00 bits per heavy atom. The molecule has 0 aliphatic carbocycles. The Balaban J connectivity index is 1.67. The van der Waals surface area contributed by atoms with Gasteiger partial charge in [-0.1, -0.05) is 13.0 Å². The number of hydrogen-bond acceptors (Lipinski definition) is 3. The van der Waals surface area contributed by atoms with E-state index in [4.69, 9.17) is 9.47 Å². The minimum atomic E-state index is 0.216. The third-order valence-electron chi connectivity index (χ3n) is 3.55. The van der Waals surface area contributed by atoms with Crippen molar-refractivity contribution >= 4 is 0 Å². The predicted molar refractivity (Wildman–Crippen MR) is 66.3 cm³/mol. The summed E-state index contributed by atoms with van der Waals surface area (Å²) in [6.45, 7) is 6.64. The van der Waals surface area contributed by atoms with E-state index in [0.29, 0.717) is 0 Å². The Labute approximate surface area is 102 Å². The number of fused-ring (bicyclic) bond motifs is 1. The van der Waals surface area contributed by atoms with Crippen LogP contribution in [0.1, 0.15) is 18.1 Å². The van der Waals surface area contributed by atoms with E-state index in [-0.39, 0.29) is 5.41 Å². The van der Waals surface area contributed by atoms with E-state index in [9.17, 15) is 0 Å². The van der Waals surface area contributed by atoms with Crippen LogP contribution < -0.4 is 10.1 Å². The van der Waals surface area contributed by atoms with Gasteiger partial charge in [0.15, 0.2) is 0 Å². The van der Waals surface area contributed by atoms with Gasteiger partial charge in [-0.05, 0) is 36.2 Å². The average molecular weight is 233 g/mol. The lowest BCUT2D eigenvalue weighted by Gasteiger charge is -2.37. The molecular weight excluding hydrogens is 214 g/mol. The van der Waals surface area contributed by atoms with Crippen LogP contribution in [-0.2, 0) is 17.7 Å². The number of nitrogens with one attached hydrogen (secondary N) is 1. The number of rotatable bonds is 3. The first-order valence-corrected chi connectivity index (χ1v) is 6.28. The van der Waals surface area contributed by atoms with Crippen molar-refractivity contribution in [3.8, 4) is 5.75 Å². The SMILES string of the molecule is CC1(COc2ccc3c(c2)CNCC3)COC1. The molecule has 3 rings (SSSR count). The van der Waals surface area contributed by atoms with E-state index in [1.165, 1.54) is 11.1 Å². The van der Waals surface area contributed by atoms with Crippen LogP contribution in [0.25, 0.3) is 0 Å². The van der Waals surface area contributed by atoms with Crippen molar-refractivity contribution in [2.75, 3.05) is 26.4 Å². The zero-order chi connectivity index (χ0) is 11.7. The summed E-state index contributed by atoms with van der Waals surface area (Å²) >= 11 is 0. The molecule has 0 atom stereocenters. The number of benzene rings is 1. The fourth-order valence-corrected chi connectivity index (χ4v) is 2.34. The van der Waals surface area contributed by atoms with Gasteiger partial charge in [0, 0.05) is 12.0 Å². The van der Waals surface area contributed by atoms with Crippen LogP contribution in [0.5, 0.6) is 5.75 Å². The fourth-order valence-electron chi connectivity index (χ4n) is 2.34. The van der Waals surface area contributed by atoms with Crippen LogP contribution in [0.2, 0.25) is 0 Å². The van der Waals surface area contributed by atoms with Crippen molar-refractivity contribution in [3.05, 3.63) is 29.3 Å². The van der Waals surface area contributed by atoms with Gasteiger partial charge in [-0.15, -0.1) is 0 Å². The third kappa shape index (κ3) is 2.31. The summed E-state index contributed by atoms with van der Waals surface area (Å²) in [5, 5.41) is 3.39. The van der Waals surface area contributed by atoms with Crippen molar-refractivity contribution in [1.29, 1.82) is 0 Å². The molecule has 0 unspecified atom stereocenters. The molecule has 3 nitrogen and oxygen atoms in total. The minimum Gasteiger partial charge on any atom is -0.493 e. The second-order valence-corrected chi connectivity index (χ2v) is 5.45. The smallest absolute Gasteiger partial charge is 0.119 e. The Morgan fingerprint density at radius 1 is 1.35 bits per heavy atom. The molecule has 0 radical (unpaired) electrons. The van der Waals surface area contributed by atoms with E-state index in [1.807, 2.05) is 0 Å². The van der Waals surface area contributed by atoms with Crippen LogP contribution in [0, 0.1) is 5.41 Å². The molecule has 3 heteroatoms. The second kappa shape index (κ2) is 4.31. The summed E-state index contributed by atoms with van der Waals surface area (Å²) in [4.78, 5) is 0. The molecule has 1 aromatic carbocycles. The summed E-state index contributed by atoms with van der Waals surface area (Å²) in [5.41, 5.74) is 3.05. The lowest BCUT2D eigenvalue weighted by atomic mass is 9.90. The molecule has 17 heavy (non-hydrogen) atoms. The predicted octanol–water partition coefficient (Wildman–Crippen LogP) is 1.75. The molecule has 0 spiro atoms. The average Bonchev–Trinajstić information content (AvgIpc) is 2.34. The van der Waals surface area contributed by atoms with Crippen LogP contribution in [-0.4, -0.2) is 26.4 Å². The zero-order valence-electron chi connectivity index (χ0n) is 10.3. The van der Waals surface area contributed by atoms with Gasteiger partial charge in [-0.3, -0.25) is 0 Å². The van der Waals surface area contributed by atoms with Crippen molar-refractivity contribution < 1.29 is 9.47 Å². The molecule has 2 aliphatic rings. The molecule has 1 N–H and O–H groups in total. The molecule has 2 aliphatic heterocycles. The lowest BCUT2D eigenvalue weighted by Crippen LogP contribution is -2.44. The summed E-state index contributed by atoms with van der Waals surface area (Å²) in [6, 6.07) is 6.46. The van der Waals surface area contributed by atoms with Crippen LogP contribution in [0.15, 0.2) is 18.2 Å². The Morgan fingerprint density at radius 2 is 2.24 bits per heavy atom. The van der Waals surface area contributed by atoms with E-state index in [2.05, 4.69) is 30.4 Å². The van der Waals surface area contributed by atoms with Gasteiger partial charge in [0.05, 0.1) is 19.8 Å². The number of hydrogen-bond donors (Lipinski definition) is 1. The summed E-state index contributed by atoms with van der Waals surface area (Å²) in [5.74, 6) is 0.987. The maximum atomic E-state index is 5.87. The summed E-state index contributed by atoms with van der Waals surface area (Å²) in [6.07, 6.45) is 1.13. The van der Waals surface area contributed by atoms with Gasteiger partial charge in [0.25, 0.3) is 0 Å².